The third-order valence-electron chi connectivity index (χ3n) is 5.49. The van der Waals surface area contributed by atoms with Crippen molar-refractivity contribution < 1.29 is 4.79 Å². The van der Waals surface area contributed by atoms with Crippen molar-refractivity contribution in [1.82, 2.24) is 9.88 Å². The number of benzene rings is 1. The number of fused-ring (bicyclic) bond motifs is 1. The van der Waals surface area contributed by atoms with Gasteiger partial charge in [-0.25, -0.2) is 0 Å². The molecule has 1 aliphatic heterocycles. The second-order valence-corrected chi connectivity index (χ2v) is 7.95. The third-order valence-corrected chi connectivity index (χ3v) is 6.35. The number of amides is 1. The normalized spacial score (nSPS) is 20.6. The number of thiophene rings is 1. The Bertz CT molecular complexity index is 967. The summed E-state index contributed by atoms with van der Waals surface area (Å²) in [5.74, 6) is 0.249. The van der Waals surface area contributed by atoms with Gasteiger partial charge in [-0.05, 0) is 48.8 Å². The summed E-state index contributed by atoms with van der Waals surface area (Å²) in [4.78, 5) is 19.9. The van der Waals surface area contributed by atoms with E-state index in [0.717, 1.165) is 30.4 Å². The van der Waals surface area contributed by atoms with E-state index >= 15 is 0 Å². The summed E-state index contributed by atoms with van der Waals surface area (Å²) in [6, 6.07) is 12.7. The Balaban J connectivity index is 1.64. The standard InChI is InChI=1S/C21H20N2OS/c24-21-17-9-2-1-8-16(17)20(23(21)13-14-6-5-11-25-14)18-12-22-19-10-4-3-7-15(18)19/h3-7,10-12,20,22H,1-2,8-9,13H2. The second-order valence-electron chi connectivity index (χ2n) is 6.92. The maximum absolute atomic E-state index is 13.2. The van der Waals surface area contributed by atoms with Gasteiger partial charge >= 0.3 is 0 Å². The maximum Gasteiger partial charge on any atom is 0.250 e. The first-order valence-corrected chi connectivity index (χ1v) is 9.82. The topological polar surface area (TPSA) is 36.1 Å². The van der Waals surface area contributed by atoms with Crippen LogP contribution in [0.15, 0.2) is 59.1 Å². The molecule has 3 aromatic rings. The molecule has 0 saturated heterocycles. The summed E-state index contributed by atoms with van der Waals surface area (Å²) in [5, 5.41) is 3.32. The molecule has 1 aromatic carbocycles. The van der Waals surface area contributed by atoms with E-state index in [0.29, 0.717) is 6.54 Å². The van der Waals surface area contributed by atoms with Gasteiger partial charge in [-0.3, -0.25) is 4.79 Å². The monoisotopic (exact) mass is 348 g/mol. The molecule has 0 spiro atoms. The highest BCUT2D eigenvalue weighted by atomic mass is 32.1. The smallest absolute Gasteiger partial charge is 0.250 e. The molecule has 2 aromatic heterocycles. The first-order chi connectivity index (χ1) is 12.3. The molecule has 1 N–H and O–H groups in total. The van der Waals surface area contributed by atoms with E-state index in [1.807, 2.05) is 0 Å². The Kier molecular flexibility index (Phi) is 3.52. The van der Waals surface area contributed by atoms with Crippen LogP contribution in [0.25, 0.3) is 10.9 Å². The second kappa shape index (κ2) is 5.88. The van der Waals surface area contributed by atoms with Gasteiger partial charge in [-0.2, -0.15) is 0 Å². The van der Waals surface area contributed by atoms with Crippen molar-refractivity contribution in [2.24, 2.45) is 0 Å². The molecule has 2 aliphatic rings. The fraction of sp³-hybridized carbons (Fsp3) is 0.286. The van der Waals surface area contributed by atoms with Crippen molar-refractivity contribution in [1.29, 1.82) is 0 Å². The molecule has 0 radical (unpaired) electrons. The molecule has 1 amide bonds. The molecule has 1 atom stereocenters. The minimum absolute atomic E-state index is 0.0843. The van der Waals surface area contributed by atoms with Gasteiger partial charge in [-0.15, -0.1) is 11.3 Å². The van der Waals surface area contributed by atoms with E-state index in [4.69, 9.17) is 0 Å². The Morgan fingerprint density at radius 2 is 2.00 bits per heavy atom. The molecule has 0 fully saturated rings. The van der Waals surface area contributed by atoms with E-state index in [9.17, 15) is 4.79 Å². The molecule has 25 heavy (non-hydrogen) atoms. The van der Waals surface area contributed by atoms with Gasteiger partial charge in [-0.1, -0.05) is 24.3 Å². The van der Waals surface area contributed by atoms with Crippen molar-refractivity contribution in [2.45, 2.75) is 38.3 Å². The van der Waals surface area contributed by atoms with Crippen molar-refractivity contribution >= 4 is 28.1 Å². The SMILES string of the molecule is O=C1C2=C(CCCC2)C(c2c[nH]c3ccccc23)N1Cc1cccs1. The van der Waals surface area contributed by atoms with E-state index in [2.05, 4.69) is 57.9 Å². The van der Waals surface area contributed by atoms with Crippen LogP contribution in [-0.2, 0) is 11.3 Å². The van der Waals surface area contributed by atoms with Gasteiger partial charge in [0.25, 0.3) is 5.91 Å². The van der Waals surface area contributed by atoms with Crippen LogP contribution in [0.3, 0.4) is 0 Å². The van der Waals surface area contributed by atoms with Crippen LogP contribution < -0.4 is 0 Å². The van der Waals surface area contributed by atoms with E-state index in [1.165, 1.54) is 27.8 Å². The molecule has 0 saturated carbocycles. The number of nitrogens with zero attached hydrogens (tertiary/aromatic N) is 1. The van der Waals surface area contributed by atoms with Crippen LogP contribution in [0.2, 0.25) is 0 Å². The van der Waals surface area contributed by atoms with E-state index < -0.39 is 0 Å². The zero-order valence-electron chi connectivity index (χ0n) is 14.0. The van der Waals surface area contributed by atoms with E-state index in [1.54, 1.807) is 11.3 Å². The molecule has 1 aliphatic carbocycles. The Morgan fingerprint density at radius 1 is 1.12 bits per heavy atom. The zero-order chi connectivity index (χ0) is 16.8. The number of carbonyl (C=O) groups excluding carboxylic acids is 1. The highest BCUT2D eigenvalue weighted by Crippen LogP contribution is 2.46. The van der Waals surface area contributed by atoms with Crippen molar-refractivity contribution in [3.8, 4) is 0 Å². The summed E-state index contributed by atoms with van der Waals surface area (Å²) in [6.45, 7) is 0.702. The molecule has 3 nitrogen and oxygen atoms in total. The van der Waals surface area contributed by atoms with Gasteiger partial charge in [0.2, 0.25) is 0 Å². The van der Waals surface area contributed by atoms with Crippen LogP contribution in [0.4, 0.5) is 0 Å². The van der Waals surface area contributed by atoms with Gasteiger partial charge in [0.1, 0.15) is 0 Å². The molecule has 5 rings (SSSR count). The summed E-state index contributed by atoms with van der Waals surface area (Å²) in [6.07, 6.45) is 6.42. The van der Waals surface area contributed by atoms with Crippen LogP contribution in [0, 0.1) is 0 Å². The van der Waals surface area contributed by atoms with Gasteiger partial charge in [0.05, 0.1) is 12.6 Å². The Morgan fingerprint density at radius 3 is 2.88 bits per heavy atom. The first kappa shape index (κ1) is 15.0. The third kappa shape index (κ3) is 2.35. The predicted octanol–water partition coefficient (Wildman–Crippen LogP) is 5.18. The molecular weight excluding hydrogens is 328 g/mol. The summed E-state index contributed by atoms with van der Waals surface area (Å²) >= 11 is 1.73. The fourth-order valence-electron chi connectivity index (χ4n) is 4.36. The Labute approximate surface area is 151 Å². The fourth-order valence-corrected chi connectivity index (χ4v) is 5.07. The minimum atomic E-state index is 0.0843. The summed E-state index contributed by atoms with van der Waals surface area (Å²) in [5.41, 5.74) is 4.83. The minimum Gasteiger partial charge on any atom is -0.361 e. The lowest BCUT2D eigenvalue weighted by atomic mass is 9.87. The number of aromatic nitrogens is 1. The predicted molar refractivity (Wildman–Crippen MR) is 101 cm³/mol. The average molecular weight is 348 g/mol. The lowest BCUT2D eigenvalue weighted by molar-refractivity contribution is -0.127. The van der Waals surface area contributed by atoms with Crippen molar-refractivity contribution in [3.63, 3.8) is 0 Å². The average Bonchev–Trinajstić information content (AvgIpc) is 3.36. The molecule has 126 valence electrons. The lowest BCUT2D eigenvalue weighted by Crippen LogP contribution is -2.29. The molecule has 1 unspecified atom stereocenters. The van der Waals surface area contributed by atoms with Gasteiger partial charge < -0.3 is 9.88 Å². The number of carbonyl (C=O) groups is 1. The van der Waals surface area contributed by atoms with Crippen molar-refractivity contribution in [3.05, 3.63) is 69.6 Å². The lowest BCUT2D eigenvalue weighted by Gasteiger charge is -2.27. The molecule has 3 heterocycles. The number of hydrogen-bond acceptors (Lipinski definition) is 2. The number of aromatic amines is 1. The highest BCUT2D eigenvalue weighted by Gasteiger charge is 2.41. The van der Waals surface area contributed by atoms with Crippen LogP contribution in [-0.4, -0.2) is 15.8 Å². The Hall–Kier alpha value is -2.33. The summed E-state index contributed by atoms with van der Waals surface area (Å²) < 4.78 is 0. The number of rotatable bonds is 3. The van der Waals surface area contributed by atoms with Crippen LogP contribution >= 0.6 is 11.3 Å². The molecule has 0 bridgehead atoms. The number of H-pyrrole nitrogens is 1. The van der Waals surface area contributed by atoms with Gasteiger partial charge in [0.15, 0.2) is 0 Å². The first-order valence-electron chi connectivity index (χ1n) is 8.94. The summed E-state index contributed by atoms with van der Waals surface area (Å²) in [7, 11) is 0. The largest absolute Gasteiger partial charge is 0.361 e. The highest BCUT2D eigenvalue weighted by molar-refractivity contribution is 7.09. The van der Waals surface area contributed by atoms with Crippen LogP contribution in [0.1, 0.15) is 42.2 Å². The van der Waals surface area contributed by atoms with Crippen molar-refractivity contribution in [2.75, 3.05) is 0 Å². The molecule has 4 heteroatoms. The number of nitrogens with one attached hydrogen (secondary N) is 1. The van der Waals surface area contributed by atoms with Gasteiger partial charge in [0, 0.05) is 33.1 Å². The van der Waals surface area contributed by atoms with E-state index in [-0.39, 0.29) is 11.9 Å². The number of hydrogen-bond donors (Lipinski definition) is 1. The maximum atomic E-state index is 13.2. The number of para-hydroxylation sites is 1. The van der Waals surface area contributed by atoms with Crippen LogP contribution in [0.5, 0.6) is 0 Å². The molecular formula is C21H20N2OS. The zero-order valence-corrected chi connectivity index (χ0v) is 14.8. The quantitative estimate of drug-likeness (QED) is 0.695.